The van der Waals surface area contributed by atoms with E-state index in [1.807, 2.05) is 0 Å². The Balaban J connectivity index is 0.000000795. The molecule has 2 aromatic carbocycles. The van der Waals surface area contributed by atoms with Gasteiger partial charge < -0.3 is 36.5 Å². The minimum atomic E-state index is -2.23. The Morgan fingerprint density at radius 1 is 0.943 bits per heavy atom. The summed E-state index contributed by atoms with van der Waals surface area (Å²) < 4.78 is 44.8. The van der Waals surface area contributed by atoms with E-state index in [1.165, 1.54) is 18.2 Å². The summed E-state index contributed by atoms with van der Waals surface area (Å²) in [7, 11) is 0. The lowest BCUT2D eigenvalue weighted by atomic mass is 9.81. The molecule has 4 atom stereocenters. The Labute approximate surface area is 198 Å². The Bertz CT molecular complexity index is 1170. The lowest BCUT2D eigenvalue weighted by Gasteiger charge is -2.42. The Hall–Kier alpha value is -3.93. The summed E-state index contributed by atoms with van der Waals surface area (Å²) in [6, 6.07) is 6.12. The first-order valence-corrected chi connectivity index (χ1v) is 10.5. The molecule has 0 spiro atoms. The van der Waals surface area contributed by atoms with Crippen molar-refractivity contribution in [3.8, 4) is 11.5 Å². The molecule has 0 radical (unpaired) electrons. The molecule has 35 heavy (non-hydrogen) atoms. The van der Waals surface area contributed by atoms with E-state index in [-0.39, 0.29) is 35.5 Å². The van der Waals surface area contributed by atoms with Gasteiger partial charge in [0.1, 0.15) is 34.8 Å². The van der Waals surface area contributed by atoms with Crippen LogP contribution in [0.3, 0.4) is 0 Å². The van der Waals surface area contributed by atoms with Gasteiger partial charge in [-0.1, -0.05) is 0 Å². The minimum Gasteiger partial charge on any atom is -0.490 e. The molecule has 0 saturated carbocycles. The molecule has 2 aromatic rings. The lowest BCUT2D eigenvalue weighted by Crippen LogP contribution is -2.56. The SMILES string of the molecule is C[C@@H]1CC(N)(C(=O)OC2(C(=O)O)C[C@@H](C)Oc3ccc(F)cc32)c2cc(F)ccc2O1.NC(N)=O. The van der Waals surface area contributed by atoms with Crippen LogP contribution in [0.2, 0.25) is 0 Å². The van der Waals surface area contributed by atoms with Crippen LogP contribution < -0.4 is 26.7 Å². The number of carbonyl (C=O) groups is 3. The second-order valence-electron chi connectivity index (χ2n) is 8.44. The molecule has 12 heteroatoms. The maximum absolute atomic E-state index is 14.0. The Morgan fingerprint density at radius 2 is 1.40 bits per heavy atom. The van der Waals surface area contributed by atoms with Gasteiger partial charge in [0.25, 0.3) is 0 Å². The van der Waals surface area contributed by atoms with Gasteiger partial charge in [-0.05, 0) is 50.2 Å². The van der Waals surface area contributed by atoms with Crippen LogP contribution in [0.1, 0.15) is 37.8 Å². The predicted molar refractivity (Wildman–Crippen MR) is 117 cm³/mol. The zero-order valence-corrected chi connectivity index (χ0v) is 18.9. The van der Waals surface area contributed by atoms with Crippen LogP contribution in [0.15, 0.2) is 36.4 Å². The number of ether oxygens (including phenoxy) is 3. The van der Waals surface area contributed by atoms with Gasteiger partial charge in [0, 0.05) is 18.4 Å². The zero-order chi connectivity index (χ0) is 26.1. The number of rotatable bonds is 3. The lowest BCUT2D eigenvalue weighted by molar-refractivity contribution is -0.191. The van der Waals surface area contributed by atoms with Gasteiger partial charge in [0.05, 0.1) is 11.7 Å². The van der Waals surface area contributed by atoms with Crippen LogP contribution >= 0.6 is 0 Å². The first-order valence-electron chi connectivity index (χ1n) is 10.5. The number of halogens is 2. The highest BCUT2D eigenvalue weighted by Gasteiger charge is 2.55. The standard InChI is InChI=1S/C22H21F2NO6.CH4N2O/c1-11-9-21(25,15-7-13(23)3-5-17(15)29-11)20(28)31-22(19(26)27)10-12(2)30-18-6-4-14(24)8-16(18)22;2-1(3)4/h3-8,11-12H,9-10,25H2,1-2H3,(H,26,27);(H4,2,3,4)/t11-,12-,21?,22?;/m1./s1. The molecule has 188 valence electrons. The maximum Gasteiger partial charge on any atom is 0.353 e. The van der Waals surface area contributed by atoms with Gasteiger partial charge in [-0.2, -0.15) is 0 Å². The largest absolute Gasteiger partial charge is 0.490 e. The van der Waals surface area contributed by atoms with Crippen LogP contribution in [0, 0.1) is 11.6 Å². The van der Waals surface area contributed by atoms with Crippen molar-refractivity contribution in [2.75, 3.05) is 0 Å². The van der Waals surface area contributed by atoms with Crippen molar-refractivity contribution in [1.82, 2.24) is 0 Å². The van der Waals surface area contributed by atoms with Gasteiger partial charge in [-0.3, -0.25) is 0 Å². The summed E-state index contributed by atoms with van der Waals surface area (Å²) in [6.07, 6.45) is -1.49. The number of benzene rings is 2. The van der Waals surface area contributed by atoms with E-state index in [4.69, 9.17) is 24.7 Å². The number of hydrogen-bond acceptors (Lipinski definition) is 7. The van der Waals surface area contributed by atoms with Crippen LogP contribution in [0.5, 0.6) is 11.5 Å². The fraction of sp³-hybridized carbons (Fsp3) is 0.348. The molecule has 4 rings (SSSR count). The molecule has 0 bridgehead atoms. The molecule has 0 saturated heterocycles. The van der Waals surface area contributed by atoms with Gasteiger partial charge in [-0.25, -0.2) is 23.2 Å². The third kappa shape index (κ3) is 4.97. The van der Waals surface area contributed by atoms with Gasteiger partial charge in [-0.15, -0.1) is 0 Å². The third-order valence-electron chi connectivity index (χ3n) is 5.62. The Morgan fingerprint density at radius 3 is 1.91 bits per heavy atom. The normalized spacial score (nSPS) is 26.4. The topological polar surface area (TPSA) is 177 Å². The van der Waals surface area contributed by atoms with Crippen molar-refractivity contribution in [2.45, 2.75) is 50.0 Å². The molecule has 2 aliphatic heterocycles. The van der Waals surface area contributed by atoms with E-state index in [1.54, 1.807) is 13.8 Å². The van der Waals surface area contributed by atoms with Crippen molar-refractivity contribution in [3.05, 3.63) is 59.2 Å². The molecule has 2 heterocycles. The van der Waals surface area contributed by atoms with Gasteiger partial charge in [0.15, 0.2) is 0 Å². The molecular weight excluding hydrogens is 468 g/mol. The highest BCUT2D eigenvalue weighted by Crippen LogP contribution is 2.46. The number of carboxylic acids is 1. The molecule has 2 aliphatic rings. The number of aliphatic carboxylic acids is 1. The van der Waals surface area contributed by atoms with E-state index in [2.05, 4.69) is 11.5 Å². The molecule has 0 aliphatic carbocycles. The van der Waals surface area contributed by atoms with Crippen molar-refractivity contribution in [1.29, 1.82) is 0 Å². The number of urea groups is 1. The predicted octanol–water partition coefficient (Wildman–Crippen LogP) is 2.01. The zero-order valence-electron chi connectivity index (χ0n) is 18.9. The van der Waals surface area contributed by atoms with Gasteiger partial charge in [0.2, 0.25) is 5.60 Å². The number of carboxylic acid groups (broad SMARTS) is 1. The first kappa shape index (κ1) is 25.7. The summed E-state index contributed by atoms with van der Waals surface area (Å²) in [5.74, 6) is -3.64. The maximum atomic E-state index is 14.0. The van der Waals surface area contributed by atoms with Crippen LogP contribution in [0.25, 0.3) is 0 Å². The fourth-order valence-electron chi connectivity index (χ4n) is 4.25. The van der Waals surface area contributed by atoms with Crippen LogP contribution in [0.4, 0.5) is 13.6 Å². The summed E-state index contributed by atoms with van der Waals surface area (Å²) in [4.78, 5) is 34.8. The first-order chi connectivity index (χ1) is 16.3. The Kier molecular flexibility index (Phi) is 6.88. The second kappa shape index (κ2) is 9.37. The molecule has 0 fully saturated rings. The average molecular weight is 493 g/mol. The number of hydrogen-bond donors (Lipinski definition) is 4. The quantitative estimate of drug-likeness (QED) is 0.469. The highest BCUT2D eigenvalue weighted by molar-refractivity contribution is 5.89. The van der Waals surface area contributed by atoms with Crippen LogP contribution in [-0.4, -0.2) is 35.3 Å². The monoisotopic (exact) mass is 493 g/mol. The smallest absolute Gasteiger partial charge is 0.353 e. The number of primary amides is 2. The van der Waals surface area contributed by atoms with E-state index < -0.39 is 53.0 Å². The number of fused-ring (bicyclic) bond motifs is 2. The van der Waals surface area contributed by atoms with Crippen molar-refractivity contribution in [3.63, 3.8) is 0 Å². The molecule has 10 nitrogen and oxygen atoms in total. The summed E-state index contributed by atoms with van der Waals surface area (Å²) in [6.45, 7) is 3.28. The highest BCUT2D eigenvalue weighted by atomic mass is 19.1. The minimum absolute atomic E-state index is 0.0516. The molecule has 0 aromatic heterocycles. The molecule has 2 unspecified atom stereocenters. The fourth-order valence-corrected chi connectivity index (χ4v) is 4.25. The summed E-state index contributed by atoms with van der Waals surface area (Å²) >= 11 is 0. The number of nitrogens with two attached hydrogens (primary N) is 3. The molecular formula is C23H25F2N3O7. The van der Waals surface area contributed by atoms with Crippen molar-refractivity contribution in [2.24, 2.45) is 17.2 Å². The van der Waals surface area contributed by atoms with Crippen molar-refractivity contribution < 1.29 is 42.5 Å². The van der Waals surface area contributed by atoms with E-state index >= 15 is 0 Å². The summed E-state index contributed by atoms with van der Waals surface area (Å²) in [5.41, 5.74) is 10.7. The second-order valence-corrected chi connectivity index (χ2v) is 8.44. The number of amides is 2. The van der Waals surface area contributed by atoms with Crippen LogP contribution in [-0.2, 0) is 25.5 Å². The van der Waals surface area contributed by atoms with E-state index in [0.717, 1.165) is 18.2 Å². The number of esters is 1. The molecule has 2 amide bonds. The summed E-state index contributed by atoms with van der Waals surface area (Å²) in [5, 5.41) is 10.1. The number of carbonyl (C=O) groups excluding carboxylic acids is 2. The van der Waals surface area contributed by atoms with Crippen molar-refractivity contribution >= 4 is 18.0 Å². The van der Waals surface area contributed by atoms with Gasteiger partial charge >= 0.3 is 18.0 Å². The third-order valence-corrected chi connectivity index (χ3v) is 5.62. The average Bonchev–Trinajstić information content (AvgIpc) is 2.74. The van der Waals surface area contributed by atoms with E-state index in [0.29, 0.717) is 0 Å². The van der Waals surface area contributed by atoms with E-state index in [9.17, 15) is 23.5 Å². The molecule has 7 N–H and O–H groups in total.